The highest BCUT2D eigenvalue weighted by molar-refractivity contribution is 7.99. The van der Waals surface area contributed by atoms with Crippen molar-refractivity contribution in [2.75, 3.05) is 37.7 Å². The van der Waals surface area contributed by atoms with Gasteiger partial charge in [-0.3, -0.25) is 4.79 Å². The number of terminal acetylenes is 1. The van der Waals surface area contributed by atoms with Crippen LogP contribution in [0.5, 0.6) is 0 Å². The molecule has 1 N–H and O–H groups in total. The minimum absolute atomic E-state index is 0.0255. The Morgan fingerprint density at radius 2 is 2.13 bits per heavy atom. The zero-order chi connectivity index (χ0) is 11.5. The Hall–Kier alpha value is -0.660. The maximum Gasteiger partial charge on any atom is 0.230 e. The summed E-state index contributed by atoms with van der Waals surface area (Å²) in [7, 11) is 0. The number of hydrogen-bond donors (Lipinski definition) is 1. The first kappa shape index (κ1) is 14.3. The molecule has 0 radical (unpaired) electrons. The van der Waals surface area contributed by atoms with Gasteiger partial charge in [0.25, 0.3) is 0 Å². The van der Waals surface area contributed by atoms with Crippen LogP contribution in [0.1, 0.15) is 13.8 Å². The quantitative estimate of drug-likeness (QED) is 0.493. The summed E-state index contributed by atoms with van der Waals surface area (Å²) in [6, 6.07) is 0. The topological polar surface area (TPSA) is 32.3 Å². The van der Waals surface area contributed by atoms with E-state index in [1.165, 1.54) is 0 Å². The van der Waals surface area contributed by atoms with Crippen LogP contribution in [0.15, 0.2) is 0 Å². The molecule has 0 aliphatic rings. The second kappa shape index (κ2) is 9.88. The summed E-state index contributed by atoms with van der Waals surface area (Å²) in [4.78, 5) is 13.5. The van der Waals surface area contributed by atoms with Gasteiger partial charge < -0.3 is 10.2 Å². The van der Waals surface area contributed by atoms with Crippen LogP contribution in [0.4, 0.5) is 0 Å². The molecule has 1 amide bonds. The summed E-state index contributed by atoms with van der Waals surface area (Å²) in [6.45, 7) is 7.80. The van der Waals surface area contributed by atoms with Crippen molar-refractivity contribution in [2.24, 2.45) is 0 Å². The fourth-order valence-electron chi connectivity index (χ4n) is 1.10. The Morgan fingerprint density at radius 1 is 1.47 bits per heavy atom. The van der Waals surface area contributed by atoms with E-state index in [0.717, 1.165) is 25.4 Å². The van der Waals surface area contributed by atoms with Gasteiger partial charge in [-0.25, -0.2) is 0 Å². The first-order valence-corrected chi connectivity index (χ1v) is 6.40. The van der Waals surface area contributed by atoms with E-state index in [9.17, 15) is 4.79 Å². The molecular weight excluding hydrogens is 208 g/mol. The van der Waals surface area contributed by atoms with Gasteiger partial charge in [0.2, 0.25) is 5.91 Å². The van der Waals surface area contributed by atoms with E-state index in [2.05, 4.69) is 30.0 Å². The molecule has 0 unspecified atom stereocenters. The molecule has 15 heavy (non-hydrogen) atoms. The third-order valence-electron chi connectivity index (χ3n) is 2.07. The number of nitrogens with one attached hydrogen (secondary N) is 1. The van der Waals surface area contributed by atoms with E-state index in [-0.39, 0.29) is 5.91 Å². The summed E-state index contributed by atoms with van der Waals surface area (Å²) < 4.78 is 0. The van der Waals surface area contributed by atoms with Crippen molar-refractivity contribution in [3.8, 4) is 12.3 Å². The lowest BCUT2D eigenvalue weighted by molar-refractivity contribution is -0.118. The third kappa shape index (κ3) is 8.34. The highest BCUT2D eigenvalue weighted by atomic mass is 32.2. The molecule has 0 rings (SSSR count). The Labute approximate surface area is 97.0 Å². The van der Waals surface area contributed by atoms with Crippen molar-refractivity contribution in [1.82, 2.24) is 10.2 Å². The summed E-state index contributed by atoms with van der Waals surface area (Å²) in [6.07, 6.45) is 5.03. The van der Waals surface area contributed by atoms with E-state index >= 15 is 0 Å². The molecule has 86 valence electrons. The van der Waals surface area contributed by atoms with Gasteiger partial charge in [-0.2, -0.15) is 11.8 Å². The number of thioether (sulfide) groups is 1. The average molecular weight is 228 g/mol. The van der Waals surface area contributed by atoms with Crippen LogP contribution in [0.3, 0.4) is 0 Å². The van der Waals surface area contributed by atoms with Gasteiger partial charge in [0, 0.05) is 12.3 Å². The molecule has 0 heterocycles. The smallest absolute Gasteiger partial charge is 0.230 e. The van der Waals surface area contributed by atoms with Crippen LogP contribution in [0, 0.1) is 12.3 Å². The van der Waals surface area contributed by atoms with Gasteiger partial charge >= 0.3 is 0 Å². The van der Waals surface area contributed by atoms with Gasteiger partial charge in [0.1, 0.15) is 0 Å². The van der Waals surface area contributed by atoms with Crippen LogP contribution in [-0.2, 0) is 4.79 Å². The molecule has 0 saturated heterocycles. The van der Waals surface area contributed by atoms with E-state index in [0.29, 0.717) is 12.3 Å². The van der Waals surface area contributed by atoms with Crippen LogP contribution in [-0.4, -0.2) is 48.5 Å². The molecule has 0 atom stereocenters. The van der Waals surface area contributed by atoms with Crippen LogP contribution >= 0.6 is 11.8 Å². The third-order valence-corrected chi connectivity index (χ3v) is 3.00. The van der Waals surface area contributed by atoms with Crippen LogP contribution in [0.25, 0.3) is 0 Å². The van der Waals surface area contributed by atoms with E-state index in [1.807, 2.05) is 0 Å². The number of amides is 1. The molecule has 4 heteroatoms. The second-order valence-electron chi connectivity index (χ2n) is 3.06. The Balaban J connectivity index is 3.38. The lowest BCUT2D eigenvalue weighted by Gasteiger charge is -2.17. The van der Waals surface area contributed by atoms with Crippen molar-refractivity contribution < 1.29 is 4.79 Å². The Kier molecular flexibility index (Phi) is 9.44. The maximum absolute atomic E-state index is 11.1. The molecule has 0 aromatic carbocycles. The second-order valence-corrected chi connectivity index (χ2v) is 4.17. The lowest BCUT2D eigenvalue weighted by Crippen LogP contribution is -2.27. The summed E-state index contributed by atoms with van der Waals surface area (Å²) >= 11 is 1.65. The molecule has 3 nitrogen and oxygen atoms in total. The van der Waals surface area contributed by atoms with E-state index < -0.39 is 0 Å². The zero-order valence-corrected chi connectivity index (χ0v) is 10.4. The van der Waals surface area contributed by atoms with Gasteiger partial charge in [-0.05, 0) is 13.1 Å². The minimum Gasteiger partial charge on any atom is -0.344 e. The van der Waals surface area contributed by atoms with Crippen LogP contribution < -0.4 is 5.32 Å². The molecule has 0 spiro atoms. The van der Waals surface area contributed by atoms with Gasteiger partial charge in [-0.1, -0.05) is 19.8 Å². The fourth-order valence-corrected chi connectivity index (χ4v) is 1.92. The highest BCUT2D eigenvalue weighted by Crippen LogP contribution is 2.00. The van der Waals surface area contributed by atoms with Crippen molar-refractivity contribution in [3.05, 3.63) is 0 Å². The average Bonchev–Trinajstić information content (AvgIpc) is 2.26. The lowest BCUT2D eigenvalue weighted by atomic mass is 10.5. The van der Waals surface area contributed by atoms with Crippen molar-refractivity contribution in [2.45, 2.75) is 13.8 Å². The number of hydrogen-bond acceptors (Lipinski definition) is 3. The standard InChI is InChI=1S/C11H20N2OS/c1-4-7-12-11(14)10-15-9-8-13(5-2)6-3/h1H,5-10H2,2-3H3,(H,12,14). The molecule has 0 aliphatic carbocycles. The maximum atomic E-state index is 11.1. The number of carbonyl (C=O) groups excluding carboxylic acids is 1. The van der Waals surface area contributed by atoms with Crippen LogP contribution in [0.2, 0.25) is 0 Å². The zero-order valence-electron chi connectivity index (χ0n) is 9.58. The highest BCUT2D eigenvalue weighted by Gasteiger charge is 2.01. The van der Waals surface area contributed by atoms with Gasteiger partial charge in [0.15, 0.2) is 0 Å². The first-order chi connectivity index (χ1) is 7.24. The fraction of sp³-hybridized carbons (Fsp3) is 0.727. The predicted molar refractivity (Wildman–Crippen MR) is 67.0 cm³/mol. The summed E-state index contributed by atoms with van der Waals surface area (Å²) in [5, 5.41) is 2.64. The SMILES string of the molecule is C#CCNC(=O)CSCCN(CC)CC. The molecule has 0 saturated carbocycles. The molecule has 0 aliphatic heterocycles. The normalized spacial score (nSPS) is 10.0. The monoisotopic (exact) mass is 228 g/mol. The Morgan fingerprint density at radius 3 is 2.67 bits per heavy atom. The predicted octanol–water partition coefficient (Wildman–Crippen LogP) is 0.811. The minimum atomic E-state index is 0.0255. The Bertz CT molecular complexity index is 209. The number of nitrogens with zero attached hydrogens (tertiary/aromatic N) is 1. The summed E-state index contributed by atoms with van der Waals surface area (Å²) in [5.74, 6) is 3.90. The van der Waals surface area contributed by atoms with Gasteiger partial charge in [0.05, 0.1) is 12.3 Å². The van der Waals surface area contributed by atoms with Crippen molar-refractivity contribution >= 4 is 17.7 Å². The van der Waals surface area contributed by atoms with E-state index in [1.54, 1.807) is 11.8 Å². The molecule has 0 bridgehead atoms. The van der Waals surface area contributed by atoms with E-state index in [4.69, 9.17) is 6.42 Å². The van der Waals surface area contributed by atoms with Crippen molar-refractivity contribution in [1.29, 1.82) is 0 Å². The molecule has 0 aromatic heterocycles. The van der Waals surface area contributed by atoms with Crippen molar-refractivity contribution in [3.63, 3.8) is 0 Å². The summed E-state index contributed by atoms with van der Waals surface area (Å²) in [5.41, 5.74) is 0. The van der Waals surface area contributed by atoms with Gasteiger partial charge in [-0.15, -0.1) is 6.42 Å². The molecule has 0 fully saturated rings. The molecule has 0 aromatic rings. The number of carbonyl (C=O) groups is 1. The largest absolute Gasteiger partial charge is 0.344 e. The molecular formula is C11H20N2OS. The number of rotatable bonds is 8. The first-order valence-electron chi connectivity index (χ1n) is 5.24.